The van der Waals surface area contributed by atoms with E-state index in [1.165, 1.54) is 5.56 Å². The summed E-state index contributed by atoms with van der Waals surface area (Å²) in [4.78, 5) is 12.8. The van der Waals surface area contributed by atoms with E-state index in [1.54, 1.807) is 0 Å². The highest BCUT2D eigenvalue weighted by atomic mass is 16.5. The molecule has 0 fully saturated rings. The first-order valence-corrected chi connectivity index (χ1v) is 7.22. The van der Waals surface area contributed by atoms with Crippen molar-refractivity contribution in [3.05, 3.63) is 35.9 Å². The lowest BCUT2D eigenvalue weighted by Gasteiger charge is -2.09. The normalized spacial score (nSPS) is 10.2. The fraction of sp³-hybridized carbons (Fsp3) is 0.400. The summed E-state index contributed by atoms with van der Waals surface area (Å²) >= 11 is 0. The van der Waals surface area contributed by atoms with Crippen LogP contribution in [0, 0.1) is 0 Å². The van der Waals surface area contributed by atoms with E-state index in [4.69, 9.17) is 4.74 Å². The molecule has 0 aliphatic heterocycles. The Morgan fingerprint density at radius 3 is 2.33 bits per heavy atom. The first-order valence-electron chi connectivity index (χ1n) is 7.22. The van der Waals surface area contributed by atoms with Gasteiger partial charge in [-0.05, 0) is 18.9 Å². The van der Waals surface area contributed by atoms with Gasteiger partial charge in [0.1, 0.15) is 0 Å². The Morgan fingerprint density at radius 2 is 1.67 bits per heavy atom. The van der Waals surface area contributed by atoms with Gasteiger partial charge in [0.2, 0.25) is 11.9 Å². The van der Waals surface area contributed by atoms with Gasteiger partial charge in [-0.2, -0.15) is 15.0 Å². The monoisotopic (exact) mass is 287 g/mol. The van der Waals surface area contributed by atoms with Crippen LogP contribution in [0.2, 0.25) is 0 Å². The minimum absolute atomic E-state index is 0.346. The zero-order valence-electron chi connectivity index (χ0n) is 12.5. The Kier molecular flexibility index (Phi) is 5.75. The number of rotatable bonds is 8. The number of anilines is 2. The van der Waals surface area contributed by atoms with Crippen molar-refractivity contribution in [1.29, 1.82) is 0 Å². The molecule has 1 heterocycles. The average molecular weight is 287 g/mol. The van der Waals surface area contributed by atoms with E-state index in [9.17, 15) is 0 Å². The van der Waals surface area contributed by atoms with Crippen molar-refractivity contribution >= 4 is 11.9 Å². The van der Waals surface area contributed by atoms with Gasteiger partial charge in [0, 0.05) is 13.1 Å². The van der Waals surface area contributed by atoms with Crippen molar-refractivity contribution in [1.82, 2.24) is 15.0 Å². The van der Waals surface area contributed by atoms with E-state index in [-0.39, 0.29) is 0 Å². The molecule has 0 amide bonds. The summed E-state index contributed by atoms with van der Waals surface area (Å²) in [5, 5.41) is 6.28. The van der Waals surface area contributed by atoms with Crippen LogP contribution >= 0.6 is 0 Å². The summed E-state index contributed by atoms with van der Waals surface area (Å²) in [6, 6.07) is 10.4. The van der Waals surface area contributed by atoms with Crippen LogP contribution in [0.4, 0.5) is 11.9 Å². The van der Waals surface area contributed by atoms with Gasteiger partial charge in [0.15, 0.2) is 0 Å². The Hall–Kier alpha value is -2.37. The smallest absolute Gasteiger partial charge is 0.323 e. The highest BCUT2D eigenvalue weighted by molar-refractivity contribution is 5.36. The minimum Gasteiger partial charge on any atom is -0.463 e. The molecule has 0 radical (unpaired) electrons. The van der Waals surface area contributed by atoms with Crippen molar-refractivity contribution in [2.75, 3.05) is 23.8 Å². The van der Waals surface area contributed by atoms with Crippen molar-refractivity contribution < 1.29 is 4.74 Å². The second-order valence-electron chi connectivity index (χ2n) is 4.48. The molecule has 0 saturated heterocycles. The topological polar surface area (TPSA) is 72.0 Å². The molecule has 112 valence electrons. The molecule has 0 unspecified atom stereocenters. The van der Waals surface area contributed by atoms with Gasteiger partial charge < -0.3 is 15.4 Å². The second kappa shape index (κ2) is 8.04. The van der Waals surface area contributed by atoms with Crippen LogP contribution in [-0.2, 0) is 6.54 Å². The van der Waals surface area contributed by atoms with Gasteiger partial charge in [-0.1, -0.05) is 37.3 Å². The molecule has 0 spiro atoms. The third-order valence-electron chi connectivity index (χ3n) is 2.68. The first-order chi connectivity index (χ1) is 10.3. The molecule has 1 aromatic carbocycles. The largest absolute Gasteiger partial charge is 0.463 e. The van der Waals surface area contributed by atoms with Gasteiger partial charge >= 0.3 is 6.01 Å². The summed E-state index contributed by atoms with van der Waals surface area (Å²) in [6.07, 6.45) is 0.912. The summed E-state index contributed by atoms with van der Waals surface area (Å²) in [6.45, 7) is 6.03. The first kappa shape index (κ1) is 15.0. The molecular formula is C15H21N5O. The van der Waals surface area contributed by atoms with Crippen LogP contribution in [0.5, 0.6) is 6.01 Å². The van der Waals surface area contributed by atoms with Crippen LogP contribution < -0.4 is 15.4 Å². The lowest BCUT2D eigenvalue weighted by atomic mass is 10.2. The lowest BCUT2D eigenvalue weighted by Crippen LogP contribution is -2.11. The third kappa shape index (κ3) is 4.91. The van der Waals surface area contributed by atoms with E-state index in [2.05, 4.69) is 25.6 Å². The number of nitrogens with zero attached hydrogens (tertiary/aromatic N) is 3. The maximum absolute atomic E-state index is 5.49. The molecule has 6 nitrogen and oxygen atoms in total. The second-order valence-corrected chi connectivity index (χ2v) is 4.48. The highest BCUT2D eigenvalue weighted by Crippen LogP contribution is 2.12. The molecular weight excluding hydrogens is 266 g/mol. The maximum atomic E-state index is 5.49. The highest BCUT2D eigenvalue weighted by Gasteiger charge is 2.06. The zero-order chi connectivity index (χ0) is 14.9. The number of hydrogen-bond donors (Lipinski definition) is 2. The van der Waals surface area contributed by atoms with Crippen molar-refractivity contribution in [3.63, 3.8) is 0 Å². The van der Waals surface area contributed by atoms with E-state index in [1.807, 2.05) is 44.2 Å². The van der Waals surface area contributed by atoms with Crippen LogP contribution in [0.25, 0.3) is 0 Å². The fourth-order valence-corrected chi connectivity index (χ4v) is 1.71. The molecule has 2 rings (SSSR count). The van der Waals surface area contributed by atoms with Gasteiger partial charge in [-0.25, -0.2) is 0 Å². The molecule has 1 aromatic heterocycles. The van der Waals surface area contributed by atoms with Crippen LogP contribution in [0.1, 0.15) is 25.8 Å². The third-order valence-corrected chi connectivity index (χ3v) is 2.68. The van der Waals surface area contributed by atoms with E-state index < -0.39 is 0 Å². The molecule has 21 heavy (non-hydrogen) atoms. The zero-order valence-corrected chi connectivity index (χ0v) is 12.5. The van der Waals surface area contributed by atoms with E-state index >= 15 is 0 Å². The van der Waals surface area contributed by atoms with Crippen molar-refractivity contribution in [2.24, 2.45) is 0 Å². The average Bonchev–Trinajstić information content (AvgIpc) is 2.52. The lowest BCUT2D eigenvalue weighted by molar-refractivity contribution is 0.292. The van der Waals surface area contributed by atoms with E-state index in [0.29, 0.717) is 31.1 Å². The van der Waals surface area contributed by atoms with Gasteiger partial charge in [0.25, 0.3) is 0 Å². The maximum Gasteiger partial charge on any atom is 0.323 e. The van der Waals surface area contributed by atoms with Crippen LogP contribution in [0.3, 0.4) is 0 Å². The molecule has 0 saturated carbocycles. The predicted octanol–water partition coefficient (Wildman–Crippen LogP) is 2.70. The van der Waals surface area contributed by atoms with Gasteiger partial charge in [-0.3, -0.25) is 0 Å². The number of ether oxygens (including phenoxy) is 1. The number of nitrogens with one attached hydrogen (secondary N) is 2. The van der Waals surface area contributed by atoms with E-state index in [0.717, 1.165) is 13.0 Å². The molecule has 0 aliphatic carbocycles. The van der Waals surface area contributed by atoms with Crippen molar-refractivity contribution in [2.45, 2.75) is 26.8 Å². The predicted molar refractivity (Wildman–Crippen MR) is 83.5 cm³/mol. The summed E-state index contributed by atoms with van der Waals surface area (Å²) in [5.41, 5.74) is 1.17. The Balaban J connectivity index is 2.07. The Labute approximate surface area is 125 Å². The van der Waals surface area contributed by atoms with Gasteiger partial charge in [0.05, 0.1) is 6.61 Å². The summed E-state index contributed by atoms with van der Waals surface area (Å²) in [5.74, 6) is 1.03. The molecule has 0 bridgehead atoms. The Morgan fingerprint density at radius 1 is 0.952 bits per heavy atom. The van der Waals surface area contributed by atoms with Crippen molar-refractivity contribution in [3.8, 4) is 6.01 Å². The molecule has 2 N–H and O–H groups in total. The fourth-order valence-electron chi connectivity index (χ4n) is 1.71. The van der Waals surface area contributed by atoms with Gasteiger partial charge in [-0.15, -0.1) is 0 Å². The summed E-state index contributed by atoms with van der Waals surface area (Å²) in [7, 11) is 0. The molecule has 0 aliphatic rings. The molecule has 6 heteroatoms. The quantitative estimate of drug-likeness (QED) is 0.778. The standard InChI is InChI=1S/C15H21N5O/c1-3-10-21-15-19-13(16-4-2)18-14(20-15)17-11-12-8-6-5-7-9-12/h5-9H,3-4,10-11H2,1-2H3,(H2,16,17,18,19,20). The van der Waals surface area contributed by atoms with Crippen LogP contribution in [-0.4, -0.2) is 28.1 Å². The summed E-state index contributed by atoms with van der Waals surface area (Å²) < 4.78 is 5.49. The SMILES string of the molecule is CCCOc1nc(NCC)nc(NCc2ccccc2)n1. The van der Waals surface area contributed by atoms with Crippen LogP contribution in [0.15, 0.2) is 30.3 Å². The minimum atomic E-state index is 0.346. The number of hydrogen-bond acceptors (Lipinski definition) is 6. The number of benzene rings is 1. The Bertz CT molecular complexity index is 547. The molecule has 0 atom stereocenters. The number of aromatic nitrogens is 3. The molecule has 2 aromatic rings.